The quantitative estimate of drug-likeness (QED) is 0.161. The molecule has 6 aliphatic rings. The van der Waals surface area contributed by atoms with E-state index in [0.29, 0.717) is 0 Å². The van der Waals surface area contributed by atoms with Crippen molar-refractivity contribution in [1.82, 2.24) is 0 Å². The molecule has 7 aromatic rings. The van der Waals surface area contributed by atoms with Crippen LogP contribution >= 0.6 is 0 Å². The van der Waals surface area contributed by atoms with E-state index in [1.54, 1.807) is 0 Å². The van der Waals surface area contributed by atoms with Crippen molar-refractivity contribution in [3.05, 3.63) is 172 Å². The number of fused-ring (bicyclic) bond motifs is 13. The Bertz CT molecular complexity index is 3220. The third-order valence-corrected chi connectivity index (χ3v) is 17.6. The van der Waals surface area contributed by atoms with Crippen LogP contribution in [0.15, 0.2) is 133 Å². The largest absolute Gasteiger partial charge is 0.334 e. The third-order valence-electron chi connectivity index (χ3n) is 17.6. The van der Waals surface area contributed by atoms with Gasteiger partial charge < -0.3 is 14.7 Å². The highest BCUT2D eigenvalue weighted by Crippen LogP contribution is 2.65. The molecule has 3 unspecified atom stereocenters. The minimum atomic E-state index is -0.310. The Labute approximate surface area is 387 Å². The third kappa shape index (κ3) is 4.83. The summed E-state index contributed by atoms with van der Waals surface area (Å²) >= 11 is 0. The normalized spacial score (nSPS) is 22.7. The summed E-state index contributed by atoms with van der Waals surface area (Å²) in [5, 5.41) is 0. The van der Waals surface area contributed by atoms with Gasteiger partial charge in [0.25, 0.3) is 6.71 Å². The van der Waals surface area contributed by atoms with Gasteiger partial charge in [-0.25, -0.2) is 0 Å². The maximum absolute atomic E-state index is 2.76. The Morgan fingerprint density at radius 2 is 1.17 bits per heavy atom. The Morgan fingerprint density at radius 1 is 0.508 bits per heavy atom. The van der Waals surface area contributed by atoms with Crippen molar-refractivity contribution in [3.8, 4) is 11.1 Å². The van der Waals surface area contributed by atoms with Gasteiger partial charge in [0.15, 0.2) is 0 Å². The second kappa shape index (κ2) is 12.7. The standard InChI is InChI=1S/C61H60BN3/c1-37-34-52-55-56-53(37)61(10)44-20-12-11-18-42(44)43-19-17-23-50(54(43)61)64(56)49-31-26-39(58(5,6)7)35-47(49)62(55)46-30-29-41(36-51(46)63(52)40-27-24-38(25-28-40)57(2,3)4)65-48-22-14-13-21-45(48)59(8)32-15-16-33-60(59,65)9/h11-14,17-31,34-36H,15-16,32-33H2,1-10H3. The second-order valence-corrected chi connectivity index (χ2v) is 23.1. The van der Waals surface area contributed by atoms with E-state index in [9.17, 15) is 0 Å². The average molecular weight is 846 g/mol. The van der Waals surface area contributed by atoms with E-state index in [1.807, 2.05) is 0 Å². The fourth-order valence-electron chi connectivity index (χ4n) is 14.2. The summed E-state index contributed by atoms with van der Waals surface area (Å²) in [6.45, 7) is 24.1. The first kappa shape index (κ1) is 39.4. The van der Waals surface area contributed by atoms with Crippen molar-refractivity contribution in [2.75, 3.05) is 14.7 Å². The van der Waals surface area contributed by atoms with Gasteiger partial charge in [-0.1, -0.05) is 146 Å². The number of nitrogens with zero attached hydrogens (tertiary/aromatic N) is 3. The Morgan fingerprint density at radius 3 is 1.94 bits per heavy atom. The van der Waals surface area contributed by atoms with E-state index in [1.165, 1.54) is 138 Å². The van der Waals surface area contributed by atoms with Crippen molar-refractivity contribution in [1.29, 1.82) is 0 Å². The number of hydrogen-bond acceptors (Lipinski definition) is 3. The van der Waals surface area contributed by atoms with Gasteiger partial charge >= 0.3 is 0 Å². The molecule has 13 rings (SSSR count). The van der Waals surface area contributed by atoms with E-state index >= 15 is 0 Å². The van der Waals surface area contributed by atoms with Crippen molar-refractivity contribution in [2.45, 2.75) is 122 Å². The summed E-state index contributed by atoms with van der Waals surface area (Å²) in [6.07, 6.45) is 4.92. The zero-order chi connectivity index (χ0) is 44.7. The van der Waals surface area contributed by atoms with Crippen LogP contribution in [0.5, 0.6) is 0 Å². The van der Waals surface area contributed by atoms with Crippen LogP contribution in [0.3, 0.4) is 0 Å². The molecule has 4 aliphatic heterocycles. The lowest BCUT2D eigenvalue weighted by molar-refractivity contribution is 0.195. The van der Waals surface area contributed by atoms with Crippen molar-refractivity contribution < 1.29 is 0 Å². The molecule has 0 spiro atoms. The number of benzene rings is 7. The van der Waals surface area contributed by atoms with Gasteiger partial charge in [-0.15, -0.1) is 0 Å². The van der Waals surface area contributed by atoms with Crippen LogP contribution in [-0.2, 0) is 21.7 Å². The molecule has 0 aromatic heterocycles. The lowest BCUT2D eigenvalue weighted by atomic mass is 9.32. The molecule has 1 saturated carbocycles. The number of para-hydroxylation sites is 1. The second-order valence-electron chi connectivity index (χ2n) is 23.1. The highest BCUT2D eigenvalue weighted by molar-refractivity contribution is 7.00. The van der Waals surface area contributed by atoms with E-state index in [0.717, 1.165) is 0 Å². The molecule has 65 heavy (non-hydrogen) atoms. The van der Waals surface area contributed by atoms with Crippen LogP contribution < -0.4 is 31.1 Å². The summed E-state index contributed by atoms with van der Waals surface area (Å²) in [6, 6.07) is 52.8. The van der Waals surface area contributed by atoms with E-state index in [4.69, 9.17) is 0 Å². The predicted molar refractivity (Wildman–Crippen MR) is 276 cm³/mol. The van der Waals surface area contributed by atoms with Crippen LogP contribution in [0.1, 0.15) is 127 Å². The van der Waals surface area contributed by atoms with Gasteiger partial charge in [-0.2, -0.15) is 0 Å². The van der Waals surface area contributed by atoms with Crippen LogP contribution in [0.4, 0.5) is 45.5 Å². The van der Waals surface area contributed by atoms with Gasteiger partial charge in [-0.05, 0) is 159 Å². The van der Waals surface area contributed by atoms with Crippen molar-refractivity contribution >= 4 is 68.6 Å². The maximum Gasteiger partial charge on any atom is 0.252 e. The van der Waals surface area contributed by atoms with Crippen molar-refractivity contribution in [2.24, 2.45) is 0 Å². The molecule has 3 atom stereocenters. The van der Waals surface area contributed by atoms with Crippen LogP contribution in [0, 0.1) is 6.92 Å². The first-order valence-electron chi connectivity index (χ1n) is 24.4. The molecule has 322 valence electrons. The lowest BCUT2D eigenvalue weighted by Gasteiger charge is -2.52. The fourth-order valence-corrected chi connectivity index (χ4v) is 14.2. The SMILES string of the molecule is Cc1cc2c3c4c1C1(C)c5ccccc5-c5cccc(c51)N4c1ccc(C(C)(C)C)cc1B3c1ccc(N3c4ccccc4C4(C)CCCCC34C)cc1N2c1ccc(C(C)(C)C)cc1. The van der Waals surface area contributed by atoms with Gasteiger partial charge in [-0.3, -0.25) is 0 Å². The highest BCUT2D eigenvalue weighted by atomic mass is 15.3. The molecule has 3 nitrogen and oxygen atoms in total. The van der Waals surface area contributed by atoms with E-state index in [-0.39, 0.29) is 33.9 Å². The number of anilines is 8. The Balaban J connectivity index is 1.14. The molecular weight excluding hydrogens is 786 g/mol. The van der Waals surface area contributed by atoms with E-state index < -0.39 is 0 Å². The first-order chi connectivity index (χ1) is 31.1. The van der Waals surface area contributed by atoms with Gasteiger partial charge in [0, 0.05) is 50.6 Å². The highest BCUT2D eigenvalue weighted by Gasteiger charge is 2.58. The molecule has 0 bridgehead atoms. The van der Waals surface area contributed by atoms with Gasteiger partial charge in [0.05, 0.1) is 11.2 Å². The molecule has 0 radical (unpaired) electrons. The summed E-state index contributed by atoms with van der Waals surface area (Å²) in [4.78, 5) is 8.11. The fraction of sp³-hybridized carbons (Fsp3) is 0.311. The summed E-state index contributed by atoms with van der Waals surface area (Å²) in [7, 11) is 0. The topological polar surface area (TPSA) is 9.72 Å². The number of aryl methyl sites for hydroxylation is 1. The molecule has 4 heteroatoms. The number of rotatable bonds is 2. The average Bonchev–Trinajstić information content (AvgIpc) is 3.67. The minimum absolute atomic E-state index is 0.0138. The molecule has 0 saturated heterocycles. The predicted octanol–water partition coefficient (Wildman–Crippen LogP) is 14.1. The van der Waals surface area contributed by atoms with Crippen molar-refractivity contribution in [3.63, 3.8) is 0 Å². The van der Waals surface area contributed by atoms with E-state index in [2.05, 4.69) is 217 Å². The molecule has 4 heterocycles. The maximum atomic E-state index is 2.76. The molecule has 7 aromatic carbocycles. The van der Waals surface area contributed by atoms with Gasteiger partial charge in [0.1, 0.15) is 0 Å². The molecule has 1 fully saturated rings. The number of hydrogen-bond donors (Lipinski definition) is 0. The van der Waals surface area contributed by atoms with Crippen LogP contribution in [-0.4, -0.2) is 12.3 Å². The lowest BCUT2D eigenvalue weighted by Crippen LogP contribution is -2.63. The van der Waals surface area contributed by atoms with Crippen LogP contribution in [0.2, 0.25) is 0 Å². The smallest absolute Gasteiger partial charge is 0.252 e. The Kier molecular flexibility index (Phi) is 7.67. The van der Waals surface area contributed by atoms with Gasteiger partial charge in [0.2, 0.25) is 0 Å². The minimum Gasteiger partial charge on any atom is -0.334 e. The molecule has 2 aliphatic carbocycles. The first-order valence-corrected chi connectivity index (χ1v) is 24.4. The zero-order valence-corrected chi connectivity index (χ0v) is 39.9. The molecule has 0 amide bonds. The molecule has 0 N–H and O–H groups in total. The Hall–Kier alpha value is -6.00. The monoisotopic (exact) mass is 845 g/mol. The summed E-state index contributed by atoms with van der Waals surface area (Å²) in [5.74, 6) is 0. The molecular formula is C61H60BN3. The summed E-state index contributed by atoms with van der Waals surface area (Å²) in [5.41, 5.74) is 27.0. The zero-order valence-electron chi connectivity index (χ0n) is 39.9. The summed E-state index contributed by atoms with van der Waals surface area (Å²) < 4.78 is 0. The van der Waals surface area contributed by atoms with Crippen LogP contribution in [0.25, 0.3) is 11.1 Å².